The first-order valence-electron chi connectivity index (χ1n) is 10.9. The van der Waals surface area contributed by atoms with Gasteiger partial charge < -0.3 is 4.74 Å². The van der Waals surface area contributed by atoms with E-state index in [1.807, 2.05) is 77.8 Å². The van der Waals surface area contributed by atoms with Crippen molar-refractivity contribution in [3.8, 4) is 22.7 Å². The molecule has 5 rings (SSSR count). The fourth-order valence-corrected chi connectivity index (χ4v) is 4.73. The minimum atomic E-state index is -0.231. The maximum absolute atomic E-state index is 12.9. The topological polar surface area (TPSA) is 59.7 Å². The molecule has 0 aliphatic carbocycles. The van der Waals surface area contributed by atoms with E-state index >= 15 is 0 Å². The van der Waals surface area contributed by atoms with Crippen LogP contribution in [-0.2, 0) is 4.79 Å². The summed E-state index contributed by atoms with van der Waals surface area (Å²) in [5.41, 5.74) is 5.70. The van der Waals surface area contributed by atoms with Crippen molar-refractivity contribution in [2.45, 2.75) is 25.8 Å². The molecule has 1 amide bonds. The number of thiophene rings is 1. The Kier molecular flexibility index (Phi) is 5.79. The summed E-state index contributed by atoms with van der Waals surface area (Å²) < 4.78 is 7.28. The highest BCUT2D eigenvalue weighted by Crippen LogP contribution is 2.39. The molecule has 7 heteroatoms. The average molecular weight is 457 g/mol. The van der Waals surface area contributed by atoms with Crippen LogP contribution in [0, 0.1) is 0 Å². The lowest BCUT2D eigenvalue weighted by molar-refractivity contribution is -0.132. The van der Waals surface area contributed by atoms with Gasteiger partial charge in [0.25, 0.3) is 0 Å². The Morgan fingerprint density at radius 1 is 1.12 bits per heavy atom. The number of methoxy groups -OCH3 is 1. The standard InChI is InChI=1S/C26H24N4O2S/c1-3-25(31)30-24(15-23(27-30)18-8-7-11-21(14-18)32-2)22-16-29(20-9-5-4-6-10-20)28-26(22)19-12-13-33-17-19/h4-14,16-17,24H,3,15H2,1-2H3. The molecule has 2 aromatic carbocycles. The largest absolute Gasteiger partial charge is 0.497 e. The Morgan fingerprint density at radius 2 is 1.97 bits per heavy atom. The van der Waals surface area contributed by atoms with Crippen LogP contribution in [0.3, 0.4) is 0 Å². The quantitative estimate of drug-likeness (QED) is 0.374. The number of nitrogens with zero attached hydrogens (tertiary/aromatic N) is 4. The minimum Gasteiger partial charge on any atom is -0.497 e. The van der Waals surface area contributed by atoms with E-state index in [0.717, 1.165) is 39.5 Å². The molecule has 33 heavy (non-hydrogen) atoms. The summed E-state index contributed by atoms with van der Waals surface area (Å²) >= 11 is 1.63. The van der Waals surface area contributed by atoms with Gasteiger partial charge in [0.2, 0.25) is 5.91 Å². The van der Waals surface area contributed by atoms with E-state index < -0.39 is 0 Å². The average Bonchev–Trinajstić information content (AvgIpc) is 3.63. The molecule has 0 bridgehead atoms. The Bertz CT molecular complexity index is 1300. The summed E-state index contributed by atoms with van der Waals surface area (Å²) in [4.78, 5) is 12.9. The number of carbonyl (C=O) groups is 1. The molecule has 1 unspecified atom stereocenters. The third-order valence-corrected chi connectivity index (χ3v) is 6.47. The third-order valence-electron chi connectivity index (χ3n) is 5.79. The van der Waals surface area contributed by atoms with E-state index in [4.69, 9.17) is 14.9 Å². The molecule has 3 heterocycles. The molecular formula is C26H24N4O2S. The van der Waals surface area contributed by atoms with Gasteiger partial charge in [-0.3, -0.25) is 4.79 Å². The van der Waals surface area contributed by atoms with E-state index in [2.05, 4.69) is 11.4 Å². The van der Waals surface area contributed by atoms with Gasteiger partial charge in [-0.25, -0.2) is 9.69 Å². The van der Waals surface area contributed by atoms with Crippen LogP contribution in [0.15, 0.2) is 82.7 Å². The Labute approximate surface area is 196 Å². The molecule has 2 aromatic heterocycles. The van der Waals surface area contributed by atoms with Gasteiger partial charge in [0.1, 0.15) is 5.75 Å². The van der Waals surface area contributed by atoms with Crippen LogP contribution in [0.4, 0.5) is 0 Å². The number of aromatic nitrogens is 2. The maximum Gasteiger partial charge on any atom is 0.242 e. The lowest BCUT2D eigenvalue weighted by Crippen LogP contribution is -2.26. The van der Waals surface area contributed by atoms with Crippen molar-refractivity contribution in [1.82, 2.24) is 14.8 Å². The number of rotatable bonds is 6. The number of para-hydroxylation sites is 1. The minimum absolute atomic E-state index is 0.0124. The number of ether oxygens (including phenoxy) is 1. The smallest absolute Gasteiger partial charge is 0.242 e. The van der Waals surface area contributed by atoms with Gasteiger partial charge in [-0.2, -0.15) is 21.5 Å². The molecule has 166 valence electrons. The number of hydrogen-bond donors (Lipinski definition) is 0. The number of benzene rings is 2. The van der Waals surface area contributed by atoms with Crippen molar-refractivity contribution >= 4 is 23.0 Å². The highest BCUT2D eigenvalue weighted by atomic mass is 32.1. The fraction of sp³-hybridized carbons (Fsp3) is 0.192. The highest BCUT2D eigenvalue weighted by molar-refractivity contribution is 7.08. The molecule has 6 nitrogen and oxygen atoms in total. The monoisotopic (exact) mass is 456 g/mol. The molecular weight excluding hydrogens is 432 g/mol. The van der Waals surface area contributed by atoms with Crippen molar-refractivity contribution in [2.75, 3.05) is 7.11 Å². The first-order valence-corrected chi connectivity index (χ1v) is 11.8. The zero-order valence-electron chi connectivity index (χ0n) is 18.5. The van der Waals surface area contributed by atoms with Crippen LogP contribution in [0.5, 0.6) is 5.75 Å². The van der Waals surface area contributed by atoms with E-state index in [1.54, 1.807) is 23.5 Å². The first-order chi connectivity index (χ1) is 16.2. The molecule has 1 aliphatic rings. The van der Waals surface area contributed by atoms with Crippen molar-refractivity contribution < 1.29 is 9.53 Å². The van der Waals surface area contributed by atoms with Crippen molar-refractivity contribution in [1.29, 1.82) is 0 Å². The van der Waals surface area contributed by atoms with Crippen LogP contribution in [-0.4, -0.2) is 33.5 Å². The molecule has 4 aromatic rings. The van der Waals surface area contributed by atoms with Gasteiger partial charge in [-0.05, 0) is 35.7 Å². The number of amides is 1. The summed E-state index contributed by atoms with van der Waals surface area (Å²) in [5, 5.41) is 15.5. The van der Waals surface area contributed by atoms with Crippen LogP contribution in [0.2, 0.25) is 0 Å². The molecule has 1 aliphatic heterocycles. The van der Waals surface area contributed by atoms with E-state index in [9.17, 15) is 4.79 Å². The second kappa shape index (κ2) is 9.03. The molecule has 0 N–H and O–H groups in total. The van der Waals surface area contributed by atoms with Gasteiger partial charge in [0.05, 0.1) is 30.2 Å². The maximum atomic E-state index is 12.9. The summed E-state index contributed by atoms with van der Waals surface area (Å²) in [5.74, 6) is 0.754. The lowest BCUT2D eigenvalue weighted by Gasteiger charge is -2.21. The van der Waals surface area contributed by atoms with Crippen LogP contribution < -0.4 is 4.74 Å². The number of carbonyl (C=O) groups excluding carboxylic acids is 1. The number of hydrogen-bond acceptors (Lipinski definition) is 5. The Morgan fingerprint density at radius 3 is 2.70 bits per heavy atom. The molecule has 0 spiro atoms. The van der Waals surface area contributed by atoms with Crippen molar-refractivity contribution in [2.24, 2.45) is 5.10 Å². The highest BCUT2D eigenvalue weighted by Gasteiger charge is 2.35. The summed E-state index contributed by atoms with van der Waals surface area (Å²) in [6.45, 7) is 1.87. The normalized spacial score (nSPS) is 15.5. The molecule has 0 radical (unpaired) electrons. The summed E-state index contributed by atoms with van der Waals surface area (Å²) in [7, 11) is 1.65. The van der Waals surface area contributed by atoms with Crippen LogP contribution >= 0.6 is 11.3 Å². The van der Waals surface area contributed by atoms with E-state index in [0.29, 0.717) is 12.8 Å². The van der Waals surface area contributed by atoms with Crippen LogP contribution in [0.1, 0.15) is 36.9 Å². The molecule has 0 saturated carbocycles. The fourth-order valence-electron chi connectivity index (χ4n) is 4.09. The second-order valence-corrected chi connectivity index (χ2v) is 8.60. The number of hydrazone groups is 1. The SMILES string of the molecule is CCC(=O)N1N=C(c2cccc(OC)c2)CC1c1cn(-c2ccccc2)nc1-c1ccsc1. The van der Waals surface area contributed by atoms with E-state index in [1.165, 1.54) is 0 Å². The molecule has 0 fully saturated rings. The summed E-state index contributed by atoms with van der Waals surface area (Å²) in [6.07, 6.45) is 3.02. The van der Waals surface area contributed by atoms with Gasteiger partial charge in [-0.1, -0.05) is 37.3 Å². The molecule has 1 atom stereocenters. The van der Waals surface area contributed by atoms with Crippen LogP contribution in [0.25, 0.3) is 16.9 Å². The van der Waals surface area contributed by atoms with Gasteiger partial charge in [0, 0.05) is 41.1 Å². The predicted octanol–water partition coefficient (Wildman–Crippen LogP) is 5.70. The lowest BCUT2D eigenvalue weighted by atomic mass is 9.97. The van der Waals surface area contributed by atoms with Crippen molar-refractivity contribution in [3.63, 3.8) is 0 Å². The van der Waals surface area contributed by atoms with Crippen molar-refractivity contribution in [3.05, 3.63) is 88.7 Å². The van der Waals surface area contributed by atoms with Gasteiger partial charge in [-0.15, -0.1) is 0 Å². The van der Waals surface area contributed by atoms with Gasteiger partial charge in [0.15, 0.2) is 0 Å². The van der Waals surface area contributed by atoms with E-state index in [-0.39, 0.29) is 11.9 Å². The zero-order valence-corrected chi connectivity index (χ0v) is 19.3. The predicted molar refractivity (Wildman–Crippen MR) is 131 cm³/mol. The first kappa shape index (κ1) is 21.2. The third kappa shape index (κ3) is 4.07. The van der Waals surface area contributed by atoms with Gasteiger partial charge >= 0.3 is 0 Å². The molecule has 0 saturated heterocycles. The Balaban J connectivity index is 1.60. The zero-order chi connectivity index (χ0) is 22.8. The Hall–Kier alpha value is -3.71. The second-order valence-electron chi connectivity index (χ2n) is 7.82. The summed E-state index contributed by atoms with van der Waals surface area (Å²) in [6, 6.07) is 19.7.